The third-order valence-electron chi connectivity index (χ3n) is 3.31. The molecular formula is C17H14ClFN2O2S. The second-order valence-electron chi connectivity index (χ2n) is 5.04. The number of benzene rings is 2. The third-order valence-corrected chi connectivity index (χ3v) is 4.91. The van der Waals surface area contributed by atoms with Gasteiger partial charge in [-0.2, -0.15) is 4.68 Å². The monoisotopic (exact) mass is 364 g/mol. The molecule has 0 radical (unpaired) electrons. The number of rotatable bonds is 6. The second kappa shape index (κ2) is 7.68. The lowest BCUT2D eigenvalue weighted by Gasteiger charge is -2.03. The van der Waals surface area contributed by atoms with Crippen LogP contribution in [0.3, 0.4) is 0 Å². The van der Waals surface area contributed by atoms with Crippen molar-refractivity contribution in [3.05, 3.63) is 69.9 Å². The Morgan fingerprint density at radius 1 is 1.17 bits per heavy atom. The molecule has 0 N–H and O–H groups in total. The fourth-order valence-electron chi connectivity index (χ4n) is 2.11. The Morgan fingerprint density at radius 2 is 1.92 bits per heavy atom. The van der Waals surface area contributed by atoms with Crippen LogP contribution in [0.5, 0.6) is 0 Å². The van der Waals surface area contributed by atoms with Gasteiger partial charge in [0.2, 0.25) is 5.89 Å². The van der Waals surface area contributed by atoms with Gasteiger partial charge in [0.25, 0.3) is 0 Å². The molecule has 7 heteroatoms. The highest BCUT2D eigenvalue weighted by molar-refractivity contribution is 7.99. The van der Waals surface area contributed by atoms with Crippen molar-refractivity contribution in [1.29, 1.82) is 0 Å². The number of halogens is 2. The Morgan fingerprint density at radius 3 is 2.67 bits per heavy atom. The molecule has 0 aliphatic carbocycles. The quantitative estimate of drug-likeness (QED) is 0.478. The predicted octanol–water partition coefficient (Wildman–Crippen LogP) is 4.48. The van der Waals surface area contributed by atoms with Crippen LogP contribution in [0.15, 0.2) is 62.6 Å². The van der Waals surface area contributed by atoms with Gasteiger partial charge in [-0.3, -0.25) is 0 Å². The number of aryl methyl sites for hydroxylation is 1. The van der Waals surface area contributed by atoms with Gasteiger partial charge < -0.3 is 4.42 Å². The van der Waals surface area contributed by atoms with E-state index >= 15 is 0 Å². The summed E-state index contributed by atoms with van der Waals surface area (Å²) in [4.78, 5) is 12.8. The largest absolute Gasteiger partial charge is 0.437 e. The van der Waals surface area contributed by atoms with E-state index in [4.69, 9.17) is 16.0 Å². The zero-order valence-electron chi connectivity index (χ0n) is 12.6. The summed E-state index contributed by atoms with van der Waals surface area (Å²) in [5, 5.41) is 4.87. The van der Waals surface area contributed by atoms with Gasteiger partial charge in [0.05, 0.1) is 5.02 Å². The van der Waals surface area contributed by atoms with Crippen LogP contribution in [0.25, 0.3) is 11.5 Å². The van der Waals surface area contributed by atoms with Crippen LogP contribution in [0.4, 0.5) is 4.39 Å². The van der Waals surface area contributed by atoms with Crippen LogP contribution in [-0.4, -0.2) is 15.5 Å². The molecule has 124 valence electrons. The maximum atomic E-state index is 12.9. The maximum absolute atomic E-state index is 12.9. The summed E-state index contributed by atoms with van der Waals surface area (Å²) < 4.78 is 19.3. The van der Waals surface area contributed by atoms with E-state index < -0.39 is 5.76 Å². The minimum atomic E-state index is -0.517. The van der Waals surface area contributed by atoms with Crippen LogP contribution in [-0.2, 0) is 6.54 Å². The molecule has 2 aromatic carbocycles. The minimum Gasteiger partial charge on any atom is -0.388 e. The van der Waals surface area contributed by atoms with E-state index in [1.165, 1.54) is 28.9 Å². The molecule has 0 aliphatic heterocycles. The summed E-state index contributed by atoms with van der Waals surface area (Å²) in [7, 11) is 0. The lowest BCUT2D eigenvalue weighted by Crippen LogP contribution is -2.16. The average Bonchev–Trinajstić information content (AvgIpc) is 2.95. The van der Waals surface area contributed by atoms with Crippen LogP contribution in [0.2, 0.25) is 5.02 Å². The van der Waals surface area contributed by atoms with Crippen LogP contribution in [0, 0.1) is 5.82 Å². The highest BCUT2D eigenvalue weighted by Crippen LogP contribution is 2.27. The Labute approximate surface area is 147 Å². The Hall–Kier alpha value is -2.05. The van der Waals surface area contributed by atoms with E-state index in [1.807, 2.05) is 24.3 Å². The van der Waals surface area contributed by atoms with E-state index in [2.05, 4.69) is 5.10 Å². The van der Waals surface area contributed by atoms with E-state index in [1.54, 1.807) is 11.8 Å². The van der Waals surface area contributed by atoms with Gasteiger partial charge in [-0.1, -0.05) is 23.7 Å². The lowest BCUT2D eigenvalue weighted by molar-refractivity contribution is 0.479. The molecule has 1 aromatic heterocycles. The molecule has 0 saturated carbocycles. The van der Waals surface area contributed by atoms with E-state index in [-0.39, 0.29) is 11.7 Å². The van der Waals surface area contributed by atoms with Crippen molar-refractivity contribution >= 4 is 23.4 Å². The number of thioether (sulfide) groups is 1. The summed E-state index contributed by atoms with van der Waals surface area (Å²) >= 11 is 7.73. The zero-order valence-corrected chi connectivity index (χ0v) is 14.2. The van der Waals surface area contributed by atoms with Gasteiger partial charge in [-0.15, -0.1) is 16.9 Å². The molecule has 1 heterocycles. The predicted molar refractivity (Wildman–Crippen MR) is 93.0 cm³/mol. The van der Waals surface area contributed by atoms with Crippen LogP contribution >= 0.6 is 23.4 Å². The maximum Gasteiger partial charge on any atom is 0.437 e. The summed E-state index contributed by atoms with van der Waals surface area (Å²) in [6.07, 6.45) is 0.741. The van der Waals surface area contributed by atoms with Gasteiger partial charge in [0.1, 0.15) is 5.82 Å². The summed E-state index contributed by atoms with van der Waals surface area (Å²) in [5.41, 5.74) is 0.567. The van der Waals surface area contributed by atoms with Crippen molar-refractivity contribution in [2.24, 2.45) is 0 Å². The first kappa shape index (κ1) is 16.8. The first-order valence-corrected chi connectivity index (χ1v) is 8.71. The fourth-order valence-corrected chi connectivity index (χ4v) is 3.29. The highest BCUT2D eigenvalue weighted by atomic mass is 35.5. The van der Waals surface area contributed by atoms with Crippen LogP contribution in [0.1, 0.15) is 6.42 Å². The molecule has 4 nitrogen and oxygen atoms in total. The Balaban J connectivity index is 1.59. The molecule has 0 spiro atoms. The third kappa shape index (κ3) is 4.07. The molecule has 0 unspecified atom stereocenters. The van der Waals surface area contributed by atoms with Gasteiger partial charge in [0.15, 0.2) is 0 Å². The van der Waals surface area contributed by atoms with E-state index in [9.17, 15) is 9.18 Å². The molecule has 3 aromatic rings. The minimum absolute atomic E-state index is 0.193. The molecular weight excluding hydrogens is 351 g/mol. The first-order chi connectivity index (χ1) is 11.6. The van der Waals surface area contributed by atoms with Gasteiger partial charge in [-0.05, 0) is 48.6 Å². The molecule has 0 aliphatic rings. The van der Waals surface area contributed by atoms with Crippen molar-refractivity contribution in [2.75, 3.05) is 5.75 Å². The molecule has 3 rings (SSSR count). The number of hydrogen-bond acceptors (Lipinski definition) is 4. The number of aromatic nitrogens is 2. The van der Waals surface area contributed by atoms with Crippen molar-refractivity contribution in [3.8, 4) is 11.5 Å². The molecule has 0 saturated heterocycles. The van der Waals surface area contributed by atoms with Crippen molar-refractivity contribution < 1.29 is 8.81 Å². The van der Waals surface area contributed by atoms with Crippen molar-refractivity contribution in [2.45, 2.75) is 17.9 Å². The zero-order chi connectivity index (χ0) is 16.9. The highest BCUT2D eigenvalue weighted by Gasteiger charge is 2.10. The molecule has 0 amide bonds. The smallest absolute Gasteiger partial charge is 0.388 e. The summed E-state index contributed by atoms with van der Waals surface area (Å²) in [6, 6.07) is 13.3. The van der Waals surface area contributed by atoms with E-state index in [0.717, 1.165) is 22.1 Å². The molecule has 24 heavy (non-hydrogen) atoms. The summed E-state index contributed by atoms with van der Waals surface area (Å²) in [5.74, 6) is 0.127. The van der Waals surface area contributed by atoms with Gasteiger partial charge >= 0.3 is 5.76 Å². The number of hydrogen-bond donors (Lipinski definition) is 0. The molecule has 0 fully saturated rings. The molecule has 0 bridgehead atoms. The van der Waals surface area contributed by atoms with Crippen molar-refractivity contribution in [1.82, 2.24) is 9.78 Å². The van der Waals surface area contributed by atoms with Crippen LogP contribution < -0.4 is 5.76 Å². The van der Waals surface area contributed by atoms with Gasteiger partial charge in [-0.25, -0.2) is 9.18 Å². The second-order valence-corrected chi connectivity index (χ2v) is 6.58. The lowest BCUT2D eigenvalue weighted by atomic mass is 10.2. The van der Waals surface area contributed by atoms with Crippen molar-refractivity contribution in [3.63, 3.8) is 0 Å². The summed E-state index contributed by atoms with van der Waals surface area (Å²) in [6.45, 7) is 0.445. The van der Waals surface area contributed by atoms with E-state index in [0.29, 0.717) is 12.1 Å². The standard InChI is InChI=1S/C17H14ClFN2O2S/c18-14-4-1-2-5-15(14)24-11-3-10-21-17(22)23-16(20-21)12-6-8-13(19)9-7-12/h1-2,4-9H,3,10-11H2. The Bertz CT molecular complexity index is 877. The topological polar surface area (TPSA) is 48.0 Å². The average molecular weight is 365 g/mol. The normalized spacial score (nSPS) is 10.9. The Kier molecular flexibility index (Phi) is 5.37. The first-order valence-electron chi connectivity index (χ1n) is 7.35. The number of nitrogens with zero attached hydrogens (tertiary/aromatic N) is 2. The fraction of sp³-hybridized carbons (Fsp3) is 0.176. The SMILES string of the molecule is O=c1oc(-c2ccc(F)cc2)nn1CCCSc1ccccc1Cl. The van der Waals surface area contributed by atoms with Gasteiger partial charge in [0, 0.05) is 17.0 Å². The molecule has 0 atom stereocenters.